The maximum atomic E-state index is 11.2. The van der Waals surface area contributed by atoms with Gasteiger partial charge in [0.1, 0.15) is 0 Å². The van der Waals surface area contributed by atoms with Gasteiger partial charge in [0, 0.05) is 24.4 Å². The fraction of sp³-hybridized carbons (Fsp3) is 0.250. The van der Waals surface area contributed by atoms with E-state index in [9.17, 15) is 16.8 Å². The van der Waals surface area contributed by atoms with Crippen molar-refractivity contribution in [1.29, 1.82) is 0 Å². The maximum absolute atomic E-state index is 11.2. The lowest BCUT2D eigenvalue weighted by atomic mass is 10.4. The van der Waals surface area contributed by atoms with Crippen molar-refractivity contribution in [3.05, 3.63) is 28.3 Å². The molecular weight excluding hydrogens is 238 g/mol. The van der Waals surface area contributed by atoms with Crippen LogP contribution >= 0.6 is 0 Å². The molecule has 0 fully saturated rings. The van der Waals surface area contributed by atoms with Crippen LogP contribution in [0.15, 0.2) is 22.6 Å². The van der Waals surface area contributed by atoms with Gasteiger partial charge >= 0.3 is 0 Å². The molecule has 1 aromatic heterocycles. The van der Waals surface area contributed by atoms with Crippen molar-refractivity contribution in [1.82, 2.24) is 4.98 Å². The Bertz CT molecular complexity index is 530. The Kier molecular flexibility index (Phi) is 3.05. The third-order valence-corrected chi connectivity index (χ3v) is 5.14. The summed E-state index contributed by atoms with van der Waals surface area (Å²) in [5.74, 6) is 0. The van der Waals surface area contributed by atoms with Gasteiger partial charge in [0.25, 0.3) is 0 Å². The molecule has 0 spiro atoms. The Labute approximate surface area is 88.7 Å². The lowest BCUT2D eigenvalue weighted by molar-refractivity contribution is 0.601. The van der Waals surface area contributed by atoms with Crippen LogP contribution in [0.5, 0.6) is 0 Å². The molecule has 84 valence electrons. The van der Waals surface area contributed by atoms with Crippen molar-refractivity contribution in [3.63, 3.8) is 0 Å². The number of nitrogens with one attached hydrogen (secondary N) is 1. The zero-order valence-corrected chi connectivity index (χ0v) is 9.89. The lowest BCUT2D eigenvalue weighted by Crippen LogP contribution is -2.11. The first-order valence-corrected chi connectivity index (χ1v) is 7.75. The third-order valence-electron chi connectivity index (χ3n) is 1.63. The maximum Gasteiger partial charge on any atom is 0.186 e. The van der Waals surface area contributed by atoms with Crippen molar-refractivity contribution < 1.29 is 16.8 Å². The minimum absolute atomic E-state index is 0.431. The summed E-state index contributed by atoms with van der Waals surface area (Å²) in [7, 11) is -7.49. The summed E-state index contributed by atoms with van der Waals surface area (Å²) >= 11 is 0. The minimum Gasteiger partial charge on any atom is -0.362 e. The Morgan fingerprint density at radius 1 is 1.20 bits per heavy atom. The SMILES string of the molecule is CS(=O)(=O)C(=Cc1ccc[nH]1)S(C)(=O)=O. The third kappa shape index (κ3) is 3.21. The van der Waals surface area contributed by atoms with Gasteiger partial charge in [0.05, 0.1) is 0 Å². The molecule has 5 nitrogen and oxygen atoms in total. The van der Waals surface area contributed by atoms with Gasteiger partial charge in [-0.15, -0.1) is 0 Å². The van der Waals surface area contributed by atoms with Crippen LogP contribution in [0.4, 0.5) is 0 Å². The summed E-state index contributed by atoms with van der Waals surface area (Å²) in [6.07, 6.45) is 4.41. The van der Waals surface area contributed by atoms with Crippen molar-refractivity contribution in [2.24, 2.45) is 0 Å². The summed E-state index contributed by atoms with van der Waals surface area (Å²) in [6.45, 7) is 0. The van der Waals surface area contributed by atoms with E-state index in [0.717, 1.165) is 18.6 Å². The molecule has 0 atom stereocenters. The minimum atomic E-state index is -3.75. The molecule has 0 aliphatic rings. The molecule has 0 aliphatic carbocycles. The van der Waals surface area contributed by atoms with Gasteiger partial charge in [-0.1, -0.05) is 0 Å². The predicted octanol–water partition coefficient (Wildman–Crippen LogP) is 0.402. The van der Waals surface area contributed by atoms with Crippen molar-refractivity contribution in [2.75, 3.05) is 12.5 Å². The van der Waals surface area contributed by atoms with E-state index in [-0.39, 0.29) is 0 Å². The Morgan fingerprint density at radius 2 is 1.73 bits per heavy atom. The number of hydrogen-bond donors (Lipinski definition) is 1. The number of sulfone groups is 2. The largest absolute Gasteiger partial charge is 0.362 e. The molecule has 0 unspecified atom stereocenters. The first-order chi connectivity index (χ1) is 6.71. The van der Waals surface area contributed by atoms with E-state index in [2.05, 4.69) is 4.98 Å². The van der Waals surface area contributed by atoms with Crippen LogP contribution < -0.4 is 0 Å². The average molecular weight is 249 g/mol. The van der Waals surface area contributed by atoms with E-state index in [0.29, 0.717) is 5.69 Å². The smallest absolute Gasteiger partial charge is 0.186 e. The Morgan fingerprint density at radius 3 is 2.07 bits per heavy atom. The normalized spacial score (nSPS) is 12.4. The second-order valence-electron chi connectivity index (χ2n) is 3.13. The molecule has 1 heterocycles. The zero-order valence-electron chi connectivity index (χ0n) is 8.26. The van der Waals surface area contributed by atoms with Gasteiger partial charge < -0.3 is 4.98 Å². The predicted molar refractivity (Wildman–Crippen MR) is 58.5 cm³/mol. The van der Waals surface area contributed by atoms with E-state index in [1.807, 2.05) is 0 Å². The highest BCUT2D eigenvalue weighted by Crippen LogP contribution is 2.15. The van der Waals surface area contributed by atoms with E-state index < -0.39 is 23.9 Å². The van der Waals surface area contributed by atoms with Crippen molar-refractivity contribution >= 4 is 25.8 Å². The Balaban J connectivity index is 3.40. The standard InChI is InChI=1S/C8H11NO4S2/c1-14(10,11)8(15(2,12)13)6-7-4-3-5-9-7/h3-6,9H,1-2H3. The molecule has 0 bridgehead atoms. The number of hydrogen-bond acceptors (Lipinski definition) is 4. The van der Waals surface area contributed by atoms with Gasteiger partial charge in [-0.3, -0.25) is 0 Å². The van der Waals surface area contributed by atoms with Gasteiger partial charge in [-0.2, -0.15) is 0 Å². The van der Waals surface area contributed by atoms with Crippen LogP contribution in [0, 0.1) is 0 Å². The van der Waals surface area contributed by atoms with E-state index in [1.165, 1.54) is 0 Å². The van der Waals surface area contributed by atoms with Gasteiger partial charge in [-0.25, -0.2) is 16.8 Å². The molecule has 0 aromatic carbocycles. The van der Waals surface area contributed by atoms with Crippen LogP contribution in [0.1, 0.15) is 5.69 Å². The van der Waals surface area contributed by atoms with Gasteiger partial charge in [0.2, 0.25) is 0 Å². The topological polar surface area (TPSA) is 84.1 Å². The highest BCUT2D eigenvalue weighted by Gasteiger charge is 2.22. The Hall–Kier alpha value is -1.08. The molecule has 0 aliphatic heterocycles. The lowest BCUT2D eigenvalue weighted by Gasteiger charge is -2.01. The first kappa shape index (κ1) is 12.0. The second-order valence-corrected chi connectivity index (χ2v) is 7.36. The molecule has 7 heteroatoms. The molecule has 1 N–H and O–H groups in total. The van der Waals surface area contributed by atoms with Gasteiger partial charge in [-0.05, 0) is 18.2 Å². The van der Waals surface area contributed by atoms with Crippen LogP contribution in [0.2, 0.25) is 0 Å². The first-order valence-electron chi connectivity index (χ1n) is 3.96. The quantitative estimate of drug-likeness (QED) is 0.840. The number of H-pyrrole nitrogens is 1. The molecule has 1 aromatic rings. The van der Waals surface area contributed by atoms with Crippen molar-refractivity contribution in [2.45, 2.75) is 0 Å². The highest BCUT2D eigenvalue weighted by atomic mass is 32.3. The van der Waals surface area contributed by atoms with E-state index in [1.54, 1.807) is 18.3 Å². The monoisotopic (exact) mass is 249 g/mol. The second kappa shape index (κ2) is 3.82. The highest BCUT2D eigenvalue weighted by molar-refractivity contribution is 8.14. The molecule has 1 rings (SSSR count). The van der Waals surface area contributed by atoms with Crippen LogP contribution in [-0.2, 0) is 19.7 Å². The van der Waals surface area contributed by atoms with Gasteiger partial charge in [0.15, 0.2) is 23.9 Å². The molecule has 0 amide bonds. The molecule has 0 saturated carbocycles. The number of aromatic nitrogens is 1. The summed E-state index contributed by atoms with van der Waals surface area (Å²) in [6, 6.07) is 3.23. The number of aromatic amines is 1. The van der Waals surface area contributed by atoms with Crippen LogP contribution in [0.25, 0.3) is 6.08 Å². The molecule has 15 heavy (non-hydrogen) atoms. The van der Waals surface area contributed by atoms with Crippen LogP contribution in [-0.4, -0.2) is 34.3 Å². The fourth-order valence-corrected chi connectivity index (χ4v) is 3.93. The molecule has 0 saturated heterocycles. The average Bonchev–Trinajstić information content (AvgIpc) is 2.46. The van der Waals surface area contributed by atoms with E-state index >= 15 is 0 Å². The summed E-state index contributed by atoms with van der Waals surface area (Å²) < 4.78 is 44.4. The number of rotatable bonds is 3. The summed E-state index contributed by atoms with van der Waals surface area (Å²) in [5.41, 5.74) is 0.431. The fourth-order valence-electron chi connectivity index (χ4n) is 1.05. The molecular formula is C8H11NO4S2. The van der Waals surface area contributed by atoms with E-state index in [4.69, 9.17) is 0 Å². The zero-order chi connectivity index (χ0) is 11.7. The summed E-state index contributed by atoms with van der Waals surface area (Å²) in [5, 5.41) is 0. The van der Waals surface area contributed by atoms with Crippen LogP contribution in [0.3, 0.4) is 0 Å². The summed E-state index contributed by atoms with van der Waals surface area (Å²) in [4.78, 5) is 2.71. The van der Waals surface area contributed by atoms with Crippen molar-refractivity contribution in [3.8, 4) is 0 Å². The molecule has 0 radical (unpaired) electrons.